The van der Waals surface area contributed by atoms with E-state index in [1.807, 2.05) is 24.9 Å². The Bertz CT molecular complexity index is 1020. The third-order valence-corrected chi connectivity index (χ3v) is 6.39. The van der Waals surface area contributed by atoms with Gasteiger partial charge in [0.25, 0.3) is 5.91 Å². The number of benzene rings is 2. The summed E-state index contributed by atoms with van der Waals surface area (Å²) in [5, 5.41) is 2.01. The van der Waals surface area contributed by atoms with Crippen LogP contribution in [0.25, 0.3) is 0 Å². The zero-order valence-corrected chi connectivity index (χ0v) is 16.4. The smallest absolute Gasteiger partial charge is 0.255 e. The first kappa shape index (κ1) is 18.4. The highest BCUT2D eigenvalue weighted by Gasteiger charge is 2.64. The van der Waals surface area contributed by atoms with Crippen molar-refractivity contribution in [1.82, 2.24) is 5.43 Å². The molecule has 152 valence electrons. The van der Waals surface area contributed by atoms with E-state index in [0.29, 0.717) is 12.2 Å². The van der Waals surface area contributed by atoms with Gasteiger partial charge in [0.05, 0.1) is 11.2 Å². The molecule has 5 rings (SSSR count). The minimum absolute atomic E-state index is 0.0743. The molecule has 29 heavy (non-hydrogen) atoms. The molecule has 1 heterocycles. The van der Waals surface area contributed by atoms with E-state index in [1.54, 1.807) is 0 Å². The van der Waals surface area contributed by atoms with E-state index in [-0.39, 0.29) is 24.1 Å². The Balaban J connectivity index is 1.68. The molecular formula is C22H23F2N3O2. The minimum atomic E-state index is -0.801. The molecule has 2 atom stereocenters. The second-order valence-corrected chi connectivity index (χ2v) is 8.37. The number of primary amides is 1. The van der Waals surface area contributed by atoms with E-state index in [9.17, 15) is 13.6 Å². The van der Waals surface area contributed by atoms with Crippen LogP contribution in [0.3, 0.4) is 0 Å². The molecular weight excluding hydrogens is 376 g/mol. The number of hydrazine groups is 1. The molecule has 2 aromatic rings. The van der Waals surface area contributed by atoms with Gasteiger partial charge < -0.3 is 15.5 Å². The predicted molar refractivity (Wildman–Crippen MR) is 105 cm³/mol. The summed E-state index contributed by atoms with van der Waals surface area (Å²) in [4.78, 5) is 11.3. The highest BCUT2D eigenvalue weighted by Crippen LogP contribution is 2.66. The lowest BCUT2D eigenvalue weighted by Crippen LogP contribution is -2.51. The molecule has 5 nitrogen and oxygen atoms in total. The summed E-state index contributed by atoms with van der Waals surface area (Å²) in [7, 11) is 0. The van der Waals surface area contributed by atoms with Crippen LogP contribution in [0, 0.1) is 25.5 Å². The molecule has 2 fully saturated rings. The molecule has 0 spiro atoms. The molecule has 3 N–H and O–H groups in total. The number of anilines is 1. The van der Waals surface area contributed by atoms with Crippen LogP contribution < -0.4 is 20.9 Å². The molecule has 2 aliphatic carbocycles. The maximum absolute atomic E-state index is 14.7. The van der Waals surface area contributed by atoms with Gasteiger partial charge in [0, 0.05) is 17.5 Å². The lowest BCUT2D eigenvalue weighted by Gasteiger charge is -2.39. The fourth-order valence-corrected chi connectivity index (χ4v) is 4.70. The highest BCUT2D eigenvalue weighted by atomic mass is 19.1. The van der Waals surface area contributed by atoms with Crippen LogP contribution >= 0.6 is 0 Å². The van der Waals surface area contributed by atoms with Crippen molar-refractivity contribution in [2.24, 2.45) is 5.73 Å². The third-order valence-electron chi connectivity index (χ3n) is 6.39. The van der Waals surface area contributed by atoms with Gasteiger partial charge in [-0.05, 0) is 68.0 Å². The Hall–Kier alpha value is -2.67. The van der Waals surface area contributed by atoms with Gasteiger partial charge in [0.1, 0.15) is 17.4 Å². The third kappa shape index (κ3) is 2.71. The largest absolute Gasteiger partial charge is 0.482 e. The van der Waals surface area contributed by atoms with E-state index >= 15 is 0 Å². The van der Waals surface area contributed by atoms with Gasteiger partial charge in [-0.3, -0.25) is 4.79 Å². The SMILES string of the molecule is Cc1cc(OCC(N)=O)c2c(c1C)[C@@H]1C[C@]1(c1c(F)cccc1F)NN2C1CC1. The van der Waals surface area contributed by atoms with Crippen molar-refractivity contribution in [3.8, 4) is 5.75 Å². The first-order valence-corrected chi connectivity index (χ1v) is 9.90. The van der Waals surface area contributed by atoms with Crippen LogP contribution in [0.2, 0.25) is 0 Å². The molecule has 0 radical (unpaired) electrons. The zero-order valence-electron chi connectivity index (χ0n) is 16.4. The number of hydrogen-bond donors (Lipinski definition) is 2. The standard InChI is InChI=1S/C22H23F2N3O2/c1-11-8-17(29-10-18(25)28)21-19(12(11)2)14-9-22(14,26-27(21)13-6-7-13)20-15(23)4-3-5-16(20)24/h3-5,8,13-14,26H,6-7,9-10H2,1-2H3,(H2,25,28)/t14-,22-/m0/s1. The number of hydrogen-bond acceptors (Lipinski definition) is 4. The van der Waals surface area contributed by atoms with E-state index in [1.165, 1.54) is 18.2 Å². The zero-order chi connectivity index (χ0) is 20.5. The fraction of sp³-hybridized carbons (Fsp3) is 0.409. The van der Waals surface area contributed by atoms with E-state index in [4.69, 9.17) is 10.5 Å². The van der Waals surface area contributed by atoms with E-state index < -0.39 is 23.1 Å². The fourth-order valence-electron chi connectivity index (χ4n) is 4.70. The Labute approximate surface area is 167 Å². The van der Waals surface area contributed by atoms with Crippen molar-refractivity contribution in [3.05, 3.63) is 58.2 Å². The molecule has 1 amide bonds. The number of nitrogens with zero attached hydrogens (tertiary/aromatic N) is 1. The summed E-state index contributed by atoms with van der Waals surface area (Å²) in [5.74, 6) is -1.11. The van der Waals surface area contributed by atoms with Gasteiger partial charge in [0.15, 0.2) is 6.61 Å². The summed E-state index contributed by atoms with van der Waals surface area (Å²) in [5.41, 5.74) is 12.0. The quantitative estimate of drug-likeness (QED) is 0.810. The van der Waals surface area contributed by atoms with Crippen molar-refractivity contribution in [3.63, 3.8) is 0 Å². The van der Waals surface area contributed by atoms with Crippen LogP contribution in [0.15, 0.2) is 24.3 Å². The lowest BCUT2D eigenvalue weighted by molar-refractivity contribution is -0.119. The Morgan fingerprint density at radius 3 is 2.62 bits per heavy atom. The van der Waals surface area contributed by atoms with Crippen LogP contribution in [0.4, 0.5) is 14.5 Å². The van der Waals surface area contributed by atoms with Gasteiger partial charge in [0.2, 0.25) is 0 Å². The average molecular weight is 399 g/mol. The second-order valence-electron chi connectivity index (χ2n) is 8.37. The summed E-state index contributed by atoms with van der Waals surface area (Å²) >= 11 is 0. The molecule has 3 aliphatic rings. The number of ether oxygens (including phenoxy) is 1. The van der Waals surface area contributed by atoms with Gasteiger partial charge in [-0.25, -0.2) is 14.2 Å². The van der Waals surface area contributed by atoms with Gasteiger partial charge in [-0.2, -0.15) is 0 Å². The molecule has 0 unspecified atom stereocenters. The van der Waals surface area contributed by atoms with E-state index in [0.717, 1.165) is 35.2 Å². The number of halogens is 2. The van der Waals surface area contributed by atoms with Crippen LogP contribution in [-0.2, 0) is 10.3 Å². The number of nitrogens with one attached hydrogen (secondary N) is 1. The monoisotopic (exact) mass is 399 g/mol. The lowest BCUT2D eigenvalue weighted by atomic mass is 9.90. The van der Waals surface area contributed by atoms with Crippen molar-refractivity contribution in [2.75, 3.05) is 11.6 Å². The van der Waals surface area contributed by atoms with Gasteiger partial charge in [-0.1, -0.05) is 6.07 Å². The number of nitrogens with two attached hydrogens (primary N) is 1. The highest BCUT2D eigenvalue weighted by molar-refractivity contribution is 5.77. The normalized spacial score (nSPS) is 24.7. The molecule has 0 aromatic heterocycles. The molecule has 2 saturated carbocycles. The van der Waals surface area contributed by atoms with Gasteiger partial charge >= 0.3 is 0 Å². The second kappa shape index (κ2) is 6.16. The molecule has 7 heteroatoms. The van der Waals surface area contributed by atoms with Crippen molar-refractivity contribution in [2.45, 2.75) is 50.6 Å². The number of carbonyl (C=O) groups excluding carboxylic acids is 1. The van der Waals surface area contributed by atoms with Crippen molar-refractivity contribution in [1.29, 1.82) is 0 Å². The first-order chi connectivity index (χ1) is 13.8. The molecule has 0 saturated heterocycles. The Morgan fingerprint density at radius 1 is 1.31 bits per heavy atom. The molecule has 2 aromatic carbocycles. The minimum Gasteiger partial charge on any atom is -0.482 e. The summed E-state index contributed by atoms with van der Waals surface area (Å²) in [6.07, 6.45) is 2.56. The molecule has 0 bridgehead atoms. The number of amides is 1. The average Bonchev–Trinajstić information content (AvgIpc) is 3.56. The Kier molecular flexibility index (Phi) is 3.90. The number of fused-ring (bicyclic) bond motifs is 3. The maximum atomic E-state index is 14.7. The van der Waals surface area contributed by atoms with Gasteiger partial charge in [-0.15, -0.1) is 0 Å². The predicted octanol–water partition coefficient (Wildman–Crippen LogP) is 3.32. The van der Waals surface area contributed by atoms with Crippen molar-refractivity contribution < 1.29 is 18.3 Å². The summed E-state index contributed by atoms with van der Waals surface area (Å²) in [6, 6.07) is 6.15. The number of rotatable bonds is 5. The van der Waals surface area contributed by atoms with Crippen molar-refractivity contribution >= 4 is 11.6 Å². The first-order valence-electron chi connectivity index (χ1n) is 9.90. The summed E-state index contributed by atoms with van der Waals surface area (Å²) in [6.45, 7) is 3.79. The number of aryl methyl sites for hydroxylation is 1. The van der Waals surface area contributed by atoms with Crippen LogP contribution in [0.1, 0.15) is 47.4 Å². The van der Waals surface area contributed by atoms with Crippen LogP contribution in [-0.4, -0.2) is 18.6 Å². The molecule has 1 aliphatic heterocycles. The van der Waals surface area contributed by atoms with E-state index in [2.05, 4.69) is 5.43 Å². The Morgan fingerprint density at radius 2 is 2.00 bits per heavy atom. The topological polar surface area (TPSA) is 67.6 Å². The summed E-state index contributed by atoms with van der Waals surface area (Å²) < 4.78 is 35.2. The maximum Gasteiger partial charge on any atom is 0.255 e. The van der Waals surface area contributed by atoms with Crippen LogP contribution in [0.5, 0.6) is 5.75 Å². The number of carbonyl (C=O) groups is 1.